The van der Waals surface area contributed by atoms with E-state index in [1.165, 1.54) is 12.1 Å². The van der Waals surface area contributed by atoms with Crippen molar-refractivity contribution < 1.29 is 22.7 Å². The summed E-state index contributed by atoms with van der Waals surface area (Å²) in [6.07, 6.45) is -1.36. The van der Waals surface area contributed by atoms with Gasteiger partial charge in [0, 0.05) is 42.4 Å². The van der Waals surface area contributed by atoms with Crippen LogP contribution >= 0.6 is 11.3 Å². The highest BCUT2D eigenvalue weighted by Gasteiger charge is 2.35. The molecular weight excluding hydrogens is 433 g/mol. The number of ether oxygens (including phenoxy) is 1. The van der Waals surface area contributed by atoms with Crippen LogP contribution in [-0.4, -0.2) is 47.5 Å². The number of anilines is 3. The molecule has 162 valence electrons. The monoisotopic (exact) mass is 450 g/mol. The van der Waals surface area contributed by atoms with Crippen LogP contribution in [0.5, 0.6) is 0 Å². The van der Waals surface area contributed by atoms with Crippen LogP contribution in [0, 0.1) is 0 Å². The molecule has 0 saturated carbocycles. The van der Waals surface area contributed by atoms with Crippen LogP contribution in [0.4, 0.5) is 34.5 Å². The lowest BCUT2D eigenvalue weighted by molar-refractivity contribution is -0.137. The van der Waals surface area contributed by atoms with Crippen LogP contribution in [0.25, 0.3) is 10.6 Å². The molecular formula is C19H17F3N6O2S. The fourth-order valence-electron chi connectivity index (χ4n) is 3.07. The maximum absolute atomic E-state index is 13.6. The third-order valence-corrected chi connectivity index (χ3v) is 5.37. The molecule has 0 aliphatic carbocycles. The molecule has 0 unspecified atom stereocenters. The quantitative estimate of drug-likeness (QED) is 0.622. The number of carbonyl (C=O) groups excluding carboxylic acids is 1. The normalized spacial score (nSPS) is 14.4. The Hall–Kier alpha value is -3.25. The zero-order valence-electron chi connectivity index (χ0n) is 16.0. The van der Waals surface area contributed by atoms with E-state index in [0.717, 1.165) is 23.0 Å². The SMILES string of the molecule is O=C(Nc1ccc(N2CCOCC2)c(C(F)(F)F)c1)Nc1nnc(-c2ccncc2)s1. The molecule has 2 aromatic heterocycles. The minimum Gasteiger partial charge on any atom is -0.378 e. The van der Waals surface area contributed by atoms with Gasteiger partial charge in [-0.2, -0.15) is 13.2 Å². The second-order valence-corrected chi connectivity index (χ2v) is 7.53. The third-order valence-electron chi connectivity index (χ3n) is 4.48. The van der Waals surface area contributed by atoms with Crippen molar-refractivity contribution in [3.8, 4) is 10.6 Å². The van der Waals surface area contributed by atoms with Gasteiger partial charge in [-0.1, -0.05) is 11.3 Å². The van der Waals surface area contributed by atoms with Crippen molar-refractivity contribution >= 4 is 33.9 Å². The molecule has 31 heavy (non-hydrogen) atoms. The first kappa shape index (κ1) is 21.0. The van der Waals surface area contributed by atoms with Gasteiger partial charge in [-0.3, -0.25) is 10.3 Å². The molecule has 1 aliphatic rings. The fourth-order valence-corrected chi connectivity index (χ4v) is 3.81. The van der Waals surface area contributed by atoms with Gasteiger partial charge in [0.05, 0.1) is 18.8 Å². The Morgan fingerprint density at radius 2 is 1.81 bits per heavy atom. The number of nitrogens with zero attached hydrogens (tertiary/aromatic N) is 4. The first-order valence-corrected chi connectivity index (χ1v) is 10.1. The van der Waals surface area contributed by atoms with Gasteiger partial charge >= 0.3 is 12.2 Å². The highest BCUT2D eigenvalue weighted by Crippen LogP contribution is 2.38. The minimum atomic E-state index is -4.57. The van der Waals surface area contributed by atoms with Crippen molar-refractivity contribution in [2.45, 2.75) is 6.18 Å². The van der Waals surface area contributed by atoms with Gasteiger partial charge in [0.15, 0.2) is 0 Å². The van der Waals surface area contributed by atoms with E-state index < -0.39 is 17.8 Å². The molecule has 12 heteroatoms. The Kier molecular flexibility index (Phi) is 6.00. The molecule has 4 rings (SSSR count). The first-order valence-electron chi connectivity index (χ1n) is 9.26. The number of nitrogens with one attached hydrogen (secondary N) is 2. The summed E-state index contributed by atoms with van der Waals surface area (Å²) in [7, 11) is 0. The molecule has 3 heterocycles. The third kappa shape index (κ3) is 5.09. The second kappa shape index (κ2) is 8.86. The van der Waals surface area contributed by atoms with Crippen molar-refractivity contribution in [3.05, 3.63) is 48.3 Å². The molecule has 1 saturated heterocycles. The van der Waals surface area contributed by atoms with Gasteiger partial charge in [-0.25, -0.2) is 4.79 Å². The van der Waals surface area contributed by atoms with Crippen molar-refractivity contribution in [1.29, 1.82) is 0 Å². The summed E-state index contributed by atoms with van der Waals surface area (Å²) in [6, 6.07) is 6.49. The van der Waals surface area contributed by atoms with E-state index in [1.54, 1.807) is 29.4 Å². The van der Waals surface area contributed by atoms with Gasteiger partial charge in [0.1, 0.15) is 5.01 Å². The Balaban J connectivity index is 1.47. The highest BCUT2D eigenvalue weighted by molar-refractivity contribution is 7.18. The molecule has 3 aromatic rings. The van der Waals surface area contributed by atoms with Crippen LogP contribution in [0.1, 0.15) is 5.56 Å². The Labute approximate surface area is 179 Å². The number of hydrogen-bond acceptors (Lipinski definition) is 7. The summed E-state index contributed by atoms with van der Waals surface area (Å²) in [5.41, 5.74) is 0.0474. The first-order chi connectivity index (χ1) is 14.9. The molecule has 1 aliphatic heterocycles. The number of morpholine rings is 1. The molecule has 1 aromatic carbocycles. The van der Waals surface area contributed by atoms with Crippen LogP contribution < -0.4 is 15.5 Å². The van der Waals surface area contributed by atoms with E-state index in [9.17, 15) is 18.0 Å². The zero-order valence-corrected chi connectivity index (χ0v) is 16.8. The number of rotatable bonds is 4. The van der Waals surface area contributed by atoms with Crippen molar-refractivity contribution in [2.75, 3.05) is 41.8 Å². The van der Waals surface area contributed by atoms with E-state index >= 15 is 0 Å². The molecule has 0 atom stereocenters. The highest BCUT2D eigenvalue weighted by atomic mass is 32.1. The van der Waals surface area contributed by atoms with E-state index in [2.05, 4.69) is 25.8 Å². The summed E-state index contributed by atoms with van der Waals surface area (Å²) in [5.74, 6) is 0. The summed E-state index contributed by atoms with van der Waals surface area (Å²) in [5, 5.41) is 13.6. The predicted octanol–water partition coefficient (Wildman–Crippen LogP) is 4.10. The standard InChI is InChI=1S/C19H17F3N6O2S/c20-19(21,22)14-11-13(1-2-15(14)28-7-9-30-10-8-28)24-17(29)25-18-27-26-16(31-18)12-3-5-23-6-4-12/h1-6,11H,7-10H2,(H2,24,25,27,29). The average molecular weight is 450 g/mol. The lowest BCUT2D eigenvalue weighted by atomic mass is 10.1. The van der Waals surface area contributed by atoms with Crippen LogP contribution in [0.2, 0.25) is 0 Å². The minimum absolute atomic E-state index is 0.0145. The fraction of sp³-hybridized carbons (Fsp3) is 0.263. The largest absolute Gasteiger partial charge is 0.418 e. The number of urea groups is 1. The molecule has 0 bridgehead atoms. The number of pyridine rings is 1. The average Bonchev–Trinajstić information content (AvgIpc) is 3.22. The summed E-state index contributed by atoms with van der Waals surface area (Å²) in [4.78, 5) is 17.8. The lowest BCUT2D eigenvalue weighted by Gasteiger charge is -2.31. The molecule has 1 fully saturated rings. The number of benzene rings is 1. The number of alkyl halides is 3. The zero-order chi connectivity index (χ0) is 21.8. The number of halogens is 3. The Morgan fingerprint density at radius 1 is 1.06 bits per heavy atom. The van der Waals surface area contributed by atoms with E-state index in [1.807, 2.05) is 0 Å². The van der Waals surface area contributed by atoms with Crippen molar-refractivity contribution in [2.24, 2.45) is 0 Å². The smallest absolute Gasteiger partial charge is 0.378 e. The maximum Gasteiger partial charge on any atom is 0.418 e. The van der Waals surface area contributed by atoms with Gasteiger partial charge < -0.3 is 15.0 Å². The molecule has 2 N–H and O–H groups in total. The van der Waals surface area contributed by atoms with E-state index in [4.69, 9.17) is 4.74 Å². The Morgan fingerprint density at radius 3 is 2.52 bits per heavy atom. The maximum atomic E-state index is 13.6. The lowest BCUT2D eigenvalue weighted by Crippen LogP contribution is -2.37. The van der Waals surface area contributed by atoms with Crippen molar-refractivity contribution in [1.82, 2.24) is 15.2 Å². The van der Waals surface area contributed by atoms with Gasteiger partial charge in [-0.15, -0.1) is 10.2 Å². The number of carbonyl (C=O) groups is 1. The van der Waals surface area contributed by atoms with Gasteiger partial charge in [0.2, 0.25) is 5.13 Å². The molecule has 0 radical (unpaired) electrons. The number of aromatic nitrogens is 3. The summed E-state index contributed by atoms with van der Waals surface area (Å²) < 4.78 is 46.1. The summed E-state index contributed by atoms with van der Waals surface area (Å²) in [6.45, 7) is 1.46. The predicted molar refractivity (Wildman–Crippen MR) is 110 cm³/mol. The number of hydrogen-bond donors (Lipinski definition) is 2. The van der Waals surface area contributed by atoms with Crippen LogP contribution in [0.3, 0.4) is 0 Å². The molecule has 2 amide bonds. The van der Waals surface area contributed by atoms with Gasteiger partial charge in [-0.05, 0) is 30.3 Å². The number of amides is 2. The molecule has 8 nitrogen and oxygen atoms in total. The van der Waals surface area contributed by atoms with Crippen molar-refractivity contribution in [3.63, 3.8) is 0 Å². The summed E-state index contributed by atoms with van der Waals surface area (Å²) >= 11 is 1.13. The molecule has 0 spiro atoms. The topological polar surface area (TPSA) is 92.3 Å². The van der Waals surface area contributed by atoms with Gasteiger partial charge in [0.25, 0.3) is 0 Å². The van der Waals surface area contributed by atoms with Crippen LogP contribution in [-0.2, 0) is 10.9 Å². The second-order valence-electron chi connectivity index (χ2n) is 6.56. The van der Waals surface area contributed by atoms with Crippen LogP contribution in [0.15, 0.2) is 42.7 Å². The van der Waals surface area contributed by atoms with E-state index in [0.29, 0.717) is 31.3 Å². The Bertz CT molecular complexity index is 1050. The van der Waals surface area contributed by atoms with E-state index in [-0.39, 0.29) is 16.5 Å².